The van der Waals surface area contributed by atoms with Crippen molar-refractivity contribution in [3.8, 4) is 0 Å². The van der Waals surface area contributed by atoms with E-state index >= 15 is 0 Å². The molecule has 0 saturated carbocycles. The first-order chi connectivity index (χ1) is 7.15. The molecule has 6 N–H and O–H groups in total. The molecule has 0 spiro atoms. The summed E-state index contributed by atoms with van der Waals surface area (Å²) in [5.41, 5.74) is 8.62. The standard InChI is InChI=1S/C7H8N6O2/c8-7-5-3(10-9)1-2-4(13(14)15)6(5)11-12-7/h1-2,10H,9H2,(H3,8,11,12). The number of nitro benzene ring substituents is 1. The molecule has 0 aliphatic rings. The van der Waals surface area contributed by atoms with Crippen LogP contribution in [-0.4, -0.2) is 15.1 Å². The highest BCUT2D eigenvalue weighted by molar-refractivity contribution is 6.03. The lowest BCUT2D eigenvalue weighted by Crippen LogP contribution is -2.07. The fourth-order valence-electron chi connectivity index (χ4n) is 1.42. The minimum absolute atomic E-state index is 0.0896. The summed E-state index contributed by atoms with van der Waals surface area (Å²) in [7, 11) is 0. The second kappa shape index (κ2) is 3.10. The van der Waals surface area contributed by atoms with Gasteiger partial charge in [-0.1, -0.05) is 0 Å². The number of H-pyrrole nitrogens is 1. The molecule has 0 unspecified atom stereocenters. The van der Waals surface area contributed by atoms with Crippen LogP contribution in [0.1, 0.15) is 0 Å². The number of nitrogens with one attached hydrogen (secondary N) is 2. The second-order valence-electron chi connectivity index (χ2n) is 2.89. The molecule has 0 bridgehead atoms. The van der Waals surface area contributed by atoms with Gasteiger partial charge in [0.1, 0.15) is 5.52 Å². The van der Waals surface area contributed by atoms with Crippen LogP contribution in [0.2, 0.25) is 0 Å². The minimum atomic E-state index is -0.514. The predicted molar refractivity (Wildman–Crippen MR) is 55.0 cm³/mol. The van der Waals surface area contributed by atoms with Crippen molar-refractivity contribution in [1.82, 2.24) is 10.2 Å². The smallest absolute Gasteiger partial charge is 0.295 e. The molecule has 0 amide bonds. The number of hydrazine groups is 1. The molecular formula is C7H8N6O2. The molecule has 1 aromatic heterocycles. The van der Waals surface area contributed by atoms with E-state index in [0.717, 1.165) is 0 Å². The molecule has 0 fully saturated rings. The summed E-state index contributed by atoms with van der Waals surface area (Å²) >= 11 is 0. The van der Waals surface area contributed by atoms with Crippen molar-refractivity contribution < 1.29 is 4.92 Å². The molecule has 8 nitrogen and oxygen atoms in total. The zero-order valence-electron chi connectivity index (χ0n) is 7.52. The Morgan fingerprint density at radius 3 is 2.87 bits per heavy atom. The van der Waals surface area contributed by atoms with Crippen LogP contribution in [0.3, 0.4) is 0 Å². The fraction of sp³-hybridized carbons (Fsp3) is 0. The van der Waals surface area contributed by atoms with Crippen LogP contribution in [0, 0.1) is 10.1 Å². The summed E-state index contributed by atoms with van der Waals surface area (Å²) in [6, 6.07) is 2.81. The Hall–Kier alpha value is -2.35. The summed E-state index contributed by atoms with van der Waals surface area (Å²) in [6.07, 6.45) is 0. The number of benzene rings is 1. The Balaban J connectivity index is 2.85. The number of non-ortho nitro benzene ring substituents is 1. The Bertz CT molecular complexity index is 534. The lowest BCUT2D eigenvalue weighted by atomic mass is 10.2. The number of nitrogens with zero attached hydrogens (tertiary/aromatic N) is 2. The molecule has 2 rings (SSSR count). The van der Waals surface area contributed by atoms with Crippen molar-refractivity contribution in [3.63, 3.8) is 0 Å². The maximum absolute atomic E-state index is 10.7. The molecule has 1 aromatic carbocycles. The van der Waals surface area contributed by atoms with Gasteiger partial charge in [-0.15, -0.1) is 0 Å². The third-order valence-corrected chi connectivity index (χ3v) is 2.08. The van der Waals surface area contributed by atoms with Gasteiger partial charge in [-0.3, -0.25) is 21.1 Å². The molecule has 8 heteroatoms. The predicted octanol–water partition coefficient (Wildman–Crippen LogP) is 0.339. The normalized spacial score (nSPS) is 10.5. The van der Waals surface area contributed by atoms with Gasteiger partial charge in [0, 0.05) is 6.07 Å². The molecule has 0 aliphatic carbocycles. The Labute approximate surface area is 83.4 Å². The topological polar surface area (TPSA) is 136 Å². The summed E-state index contributed by atoms with van der Waals surface area (Å²) in [6.45, 7) is 0. The molecule has 15 heavy (non-hydrogen) atoms. The first kappa shape index (κ1) is 9.21. The van der Waals surface area contributed by atoms with Crippen molar-refractivity contribution in [2.45, 2.75) is 0 Å². The molecule has 0 aliphatic heterocycles. The number of rotatable bonds is 2. The number of nitrogens with two attached hydrogens (primary N) is 2. The van der Waals surface area contributed by atoms with E-state index in [0.29, 0.717) is 11.1 Å². The zero-order valence-corrected chi connectivity index (χ0v) is 7.52. The van der Waals surface area contributed by atoms with Crippen molar-refractivity contribution in [3.05, 3.63) is 22.2 Å². The second-order valence-corrected chi connectivity index (χ2v) is 2.89. The molecule has 78 valence electrons. The van der Waals surface area contributed by atoms with E-state index in [1.54, 1.807) is 0 Å². The van der Waals surface area contributed by atoms with Crippen LogP contribution in [0.15, 0.2) is 12.1 Å². The van der Waals surface area contributed by atoms with Gasteiger partial charge in [-0.2, -0.15) is 5.10 Å². The molecule has 0 radical (unpaired) electrons. The van der Waals surface area contributed by atoms with Crippen LogP contribution in [0.4, 0.5) is 17.2 Å². The van der Waals surface area contributed by atoms with Crippen LogP contribution in [-0.2, 0) is 0 Å². The van der Waals surface area contributed by atoms with Gasteiger partial charge in [0.25, 0.3) is 5.69 Å². The Morgan fingerprint density at radius 2 is 2.27 bits per heavy atom. The van der Waals surface area contributed by atoms with Gasteiger partial charge in [0.05, 0.1) is 16.0 Å². The average molecular weight is 208 g/mol. The van der Waals surface area contributed by atoms with Crippen molar-refractivity contribution in [2.24, 2.45) is 5.84 Å². The third kappa shape index (κ3) is 1.23. The summed E-state index contributed by atoms with van der Waals surface area (Å²) in [5.74, 6) is 5.42. The summed E-state index contributed by atoms with van der Waals surface area (Å²) in [5, 5.41) is 17.3. The fourth-order valence-corrected chi connectivity index (χ4v) is 1.42. The van der Waals surface area contributed by atoms with Crippen molar-refractivity contribution in [2.75, 3.05) is 11.2 Å². The maximum atomic E-state index is 10.7. The monoisotopic (exact) mass is 208 g/mol. The van der Waals surface area contributed by atoms with Crippen LogP contribution < -0.4 is 17.0 Å². The lowest BCUT2D eigenvalue weighted by Gasteiger charge is -2.01. The van der Waals surface area contributed by atoms with E-state index in [1.807, 2.05) is 0 Å². The van der Waals surface area contributed by atoms with E-state index in [4.69, 9.17) is 11.6 Å². The van der Waals surface area contributed by atoms with Crippen LogP contribution in [0.5, 0.6) is 0 Å². The summed E-state index contributed by atoms with van der Waals surface area (Å²) < 4.78 is 0. The number of nitro groups is 1. The number of aromatic nitrogens is 2. The number of hydrogen-bond acceptors (Lipinski definition) is 6. The van der Waals surface area contributed by atoms with Crippen LogP contribution >= 0.6 is 0 Å². The lowest BCUT2D eigenvalue weighted by molar-refractivity contribution is -0.383. The van der Waals surface area contributed by atoms with Crippen molar-refractivity contribution in [1.29, 1.82) is 0 Å². The van der Waals surface area contributed by atoms with E-state index in [2.05, 4.69) is 15.6 Å². The van der Waals surface area contributed by atoms with E-state index in [1.165, 1.54) is 12.1 Å². The first-order valence-electron chi connectivity index (χ1n) is 4.02. The quantitative estimate of drug-likeness (QED) is 0.319. The highest BCUT2D eigenvalue weighted by Gasteiger charge is 2.18. The first-order valence-corrected chi connectivity index (χ1v) is 4.02. The maximum Gasteiger partial charge on any atom is 0.295 e. The van der Waals surface area contributed by atoms with Gasteiger partial charge < -0.3 is 11.2 Å². The summed E-state index contributed by atoms with van der Waals surface area (Å²) in [4.78, 5) is 10.2. The average Bonchev–Trinajstić information content (AvgIpc) is 2.60. The molecule has 2 aromatic rings. The van der Waals surface area contributed by atoms with E-state index in [9.17, 15) is 10.1 Å². The van der Waals surface area contributed by atoms with Crippen molar-refractivity contribution >= 4 is 28.1 Å². The van der Waals surface area contributed by atoms with Gasteiger partial charge in [0.15, 0.2) is 5.82 Å². The molecular weight excluding hydrogens is 200 g/mol. The van der Waals surface area contributed by atoms with Gasteiger partial charge in [-0.05, 0) is 6.07 Å². The van der Waals surface area contributed by atoms with Gasteiger partial charge in [-0.25, -0.2) is 0 Å². The Kier molecular flexibility index (Phi) is 1.90. The number of nitrogen functional groups attached to an aromatic ring is 2. The number of aromatic amines is 1. The highest BCUT2D eigenvalue weighted by Crippen LogP contribution is 2.32. The third-order valence-electron chi connectivity index (χ3n) is 2.08. The Morgan fingerprint density at radius 1 is 1.53 bits per heavy atom. The van der Waals surface area contributed by atoms with Crippen LogP contribution in [0.25, 0.3) is 10.9 Å². The van der Waals surface area contributed by atoms with E-state index in [-0.39, 0.29) is 17.0 Å². The van der Waals surface area contributed by atoms with Gasteiger partial charge in [0.2, 0.25) is 0 Å². The molecule has 0 atom stereocenters. The molecule has 1 heterocycles. The zero-order chi connectivity index (χ0) is 11.0. The van der Waals surface area contributed by atoms with E-state index < -0.39 is 4.92 Å². The SMILES string of the molecule is NNc1ccc([N+](=O)[O-])c2[nH]nc(N)c12. The minimum Gasteiger partial charge on any atom is -0.382 e. The number of fused-ring (bicyclic) bond motifs is 1. The molecule has 0 saturated heterocycles. The number of hydrogen-bond donors (Lipinski definition) is 4. The van der Waals surface area contributed by atoms with Gasteiger partial charge >= 0.3 is 0 Å². The number of anilines is 2. The largest absolute Gasteiger partial charge is 0.382 e. The highest BCUT2D eigenvalue weighted by atomic mass is 16.6.